The highest BCUT2D eigenvalue weighted by atomic mass is 16.8. The number of anilines is 1. The Hall–Kier alpha value is -6.80. The monoisotopic (exact) mass is 1070 g/mol. The molecule has 77 heavy (non-hydrogen) atoms. The van der Waals surface area contributed by atoms with Crippen LogP contribution in [0.25, 0.3) is 6.08 Å². The number of hydrogen-bond donors (Lipinski definition) is 16. The summed E-state index contributed by atoms with van der Waals surface area (Å²) in [6.07, 6.45) is -0.0766. The molecule has 414 valence electrons. The Morgan fingerprint density at radius 1 is 0.948 bits per heavy atom. The van der Waals surface area contributed by atoms with Crippen LogP contribution in [0.15, 0.2) is 77.7 Å². The number of aromatic hydroxyl groups is 4. The number of rotatable bonds is 18. The Bertz CT molecular complexity index is 2950. The smallest absolute Gasteiger partial charge is 0.355 e. The molecule has 3 aromatic carbocycles. The van der Waals surface area contributed by atoms with Gasteiger partial charge in [0.25, 0.3) is 5.91 Å². The van der Waals surface area contributed by atoms with Crippen LogP contribution in [0.3, 0.4) is 0 Å². The first kappa shape index (κ1) is 55.0. The highest BCUT2D eigenvalue weighted by molar-refractivity contribution is 6.13. The van der Waals surface area contributed by atoms with Crippen LogP contribution in [-0.4, -0.2) is 163 Å². The van der Waals surface area contributed by atoms with Crippen LogP contribution >= 0.6 is 0 Å². The van der Waals surface area contributed by atoms with E-state index in [0.717, 1.165) is 17.0 Å². The second-order valence-corrected chi connectivity index (χ2v) is 20.9. The lowest BCUT2D eigenvalue weighted by atomic mass is 9.43. The number of aromatic nitrogens is 2. The molecule has 23 nitrogen and oxygen atoms in total. The van der Waals surface area contributed by atoms with Gasteiger partial charge < -0.3 is 92.3 Å². The standard InChI is InChI=1S/C54H66N6O17/c55-51(56)58-16-2-4-33(64)13-10-28-20-52(50(73)74)44(43(28)53-31(12-9-29(22-61)34(53)23-62)11-8-27-3-1-5-37(66)42(27)53)41-35(19-38(45(68)47(41)70)76-54(75)49(72)48(71)46(69)39(24-63)77-54)60(52)40(67)15-7-26-6-14-36(65)30(17-26)18-32-21-57-25-59-32/h1,3,5-7,14-15,17,19-21,25,29,31,33-34,39,43-44,46,48-49,61-66,68-72,75H,2,4,8-13,16,18,22-24H2,(H,57,59)(H,73,74)(H4,55,56,58). The van der Waals surface area contributed by atoms with Crippen molar-refractivity contribution in [3.8, 4) is 28.7 Å². The van der Waals surface area contributed by atoms with Gasteiger partial charge in [-0.2, -0.15) is 0 Å². The van der Waals surface area contributed by atoms with E-state index in [1.807, 2.05) is 6.07 Å². The number of phenolic OH excluding ortho intramolecular Hbond substituents is 4. The Morgan fingerprint density at radius 2 is 1.73 bits per heavy atom. The molecule has 13 atom stereocenters. The number of aliphatic imine (C=N–C) groups is 1. The van der Waals surface area contributed by atoms with E-state index < -0.39 is 132 Å². The van der Waals surface area contributed by atoms with Crippen molar-refractivity contribution in [1.29, 1.82) is 0 Å². The Balaban J connectivity index is 1.28. The van der Waals surface area contributed by atoms with Gasteiger partial charge in [-0.3, -0.25) is 14.7 Å². The lowest BCUT2D eigenvalue weighted by molar-refractivity contribution is -0.422. The summed E-state index contributed by atoms with van der Waals surface area (Å²) in [5.41, 5.74) is 9.10. The van der Waals surface area contributed by atoms with Crippen molar-refractivity contribution in [2.75, 3.05) is 31.3 Å². The molecule has 23 heteroatoms. The van der Waals surface area contributed by atoms with Gasteiger partial charge in [-0.1, -0.05) is 23.8 Å². The molecule has 1 amide bonds. The number of imidazole rings is 1. The minimum Gasteiger partial charge on any atom is -0.508 e. The zero-order valence-corrected chi connectivity index (χ0v) is 41.8. The van der Waals surface area contributed by atoms with Crippen molar-refractivity contribution in [1.82, 2.24) is 9.97 Å². The molecule has 0 bridgehead atoms. The van der Waals surface area contributed by atoms with Gasteiger partial charge >= 0.3 is 11.9 Å². The number of benzene rings is 3. The zero-order chi connectivity index (χ0) is 55.3. The largest absolute Gasteiger partial charge is 0.508 e. The lowest BCUT2D eigenvalue weighted by Gasteiger charge is -2.60. The van der Waals surface area contributed by atoms with Gasteiger partial charge in [0.2, 0.25) is 5.75 Å². The Labute approximate surface area is 441 Å². The number of fused-ring (bicyclic) bond motifs is 6. The average Bonchev–Trinajstić information content (AvgIpc) is 3.61. The minimum absolute atomic E-state index is 0.0108. The van der Waals surface area contributed by atoms with Crippen molar-refractivity contribution in [3.63, 3.8) is 0 Å². The molecule has 1 saturated heterocycles. The van der Waals surface area contributed by atoms with E-state index in [1.54, 1.807) is 18.3 Å². The number of H-pyrrole nitrogens is 1. The molecule has 3 heterocycles. The maximum atomic E-state index is 15.5. The van der Waals surface area contributed by atoms with Gasteiger partial charge in [-0.15, -0.1) is 0 Å². The maximum absolute atomic E-state index is 15.5. The number of aliphatic hydroxyl groups is 8. The van der Waals surface area contributed by atoms with Gasteiger partial charge in [0.05, 0.1) is 24.7 Å². The summed E-state index contributed by atoms with van der Waals surface area (Å²) in [6, 6.07) is 10.4. The van der Waals surface area contributed by atoms with Crippen LogP contribution in [0.5, 0.6) is 28.7 Å². The van der Waals surface area contributed by atoms with E-state index in [4.69, 9.17) is 20.9 Å². The first-order valence-electron chi connectivity index (χ1n) is 25.6. The third-order valence-electron chi connectivity index (χ3n) is 16.8. The number of carboxylic acid groups (broad SMARTS) is 1. The molecule has 9 rings (SSSR count). The first-order valence-corrected chi connectivity index (χ1v) is 25.6. The number of carboxylic acids is 1. The van der Waals surface area contributed by atoms with Crippen molar-refractivity contribution in [3.05, 3.63) is 106 Å². The van der Waals surface area contributed by atoms with E-state index in [1.165, 1.54) is 36.7 Å². The normalized spacial score (nSPS) is 30.7. The molecular weight excluding hydrogens is 1000 g/mol. The number of allylic oxidation sites excluding steroid dienone is 1. The Morgan fingerprint density at radius 3 is 2.42 bits per heavy atom. The zero-order valence-electron chi connectivity index (χ0n) is 41.8. The Kier molecular flexibility index (Phi) is 15.4. The predicted octanol–water partition coefficient (Wildman–Crippen LogP) is 0.551. The number of aliphatic carboxylic acids is 1. The quantitative estimate of drug-likeness (QED) is 0.0123. The second kappa shape index (κ2) is 21.6. The predicted molar refractivity (Wildman–Crippen MR) is 273 cm³/mol. The van der Waals surface area contributed by atoms with Crippen LogP contribution in [0.1, 0.15) is 84.4 Å². The van der Waals surface area contributed by atoms with Crippen molar-refractivity contribution in [2.24, 2.45) is 40.1 Å². The molecule has 3 aliphatic carbocycles. The summed E-state index contributed by atoms with van der Waals surface area (Å²) in [6.45, 7) is -1.81. The molecule has 0 radical (unpaired) electrons. The van der Waals surface area contributed by atoms with Gasteiger partial charge in [0.15, 0.2) is 29.1 Å². The van der Waals surface area contributed by atoms with Crippen molar-refractivity contribution < 1.29 is 85.4 Å². The highest BCUT2D eigenvalue weighted by Gasteiger charge is 2.72. The van der Waals surface area contributed by atoms with Gasteiger partial charge in [-0.05, 0) is 111 Å². The van der Waals surface area contributed by atoms with Gasteiger partial charge in [-0.25, -0.2) is 9.78 Å². The van der Waals surface area contributed by atoms with Gasteiger partial charge in [0.1, 0.15) is 29.8 Å². The number of carbonyl (C=O) groups is 2. The third kappa shape index (κ3) is 9.31. The molecule has 1 aromatic heterocycles. The molecule has 2 aliphatic heterocycles. The average molecular weight is 1070 g/mol. The maximum Gasteiger partial charge on any atom is 0.355 e. The fourth-order valence-corrected chi connectivity index (χ4v) is 13.5. The van der Waals surface area contributed by atoms with E-state index in [-0.39, 0.29) is 55.3 Å². The van der Waals surface area contributed by atoms with Crippen LogP contribution in [-0.2, 0) is 32.6 Å². The van der Waals surface area contributed by atoms with Crippen molar-refractivity contribution >= 4 is 29.6 Å². The number of aryl methyl sites for hydroxylation is 1. The summed E-state index contributed by atoms with van der Waals surface area (Å²) >= 11 is 0. The number of nitrogens with zero attached hydrogens (tertiary/aromatic N) is 3. The highest BCUT2D eigenvalue weighted by Crippen LogP contribution is 2.72. The summed E-state index contributed by atoms with van der Waals surface area (Å²) in [5, 5.41) is 148. The first-order chi connectivity index (χ1) is 36.8. The van der Waals surface area contributed by atoms with Crippen molar-refractivity contribution in [2.45, 2.75) is 111 Å². The molecule has 4 aromatic rings. The van der Waals surface area contributed by atoms with Crippen LogP contribution in [0.2, 0.25) is 0 Å². The topological polar surface area (TPSA) is 412 Å². The second-order valence-electron chi connectivity index (χ2n) is 20.9. The van der Waals surface area contributed by atoms with Crippen LogP contribution in [0, 0.1) is 23.7 Å². The molecular formula is C54H66N6O17. The van der Waals surface area contributed by atoms with E-state index in [9.17, 15) is 71.2 Å². The number of amides is 1. The van der Waals surface area contributed by atoms with Crippen LogP contribution < -0.4 is 21.1 Å². The fourth-order valence-electron chi connectivity index (χ4n) is 13.5. The number of guanidine groups is 1. The van der Waals surface area contributed by atoms with E-state index in [2.05, 4.69) is 15.0 Å². The number of nitrogens with one attached hydrogen (secondary N) is 1. The number of aliphatic hydroxyl groups excluding tert-OH is 7. The van der Waals surface area contributed by atoms with Gasteiger partial charge in [0, 0.05) is 84.2 Å². The minimum atomic E-state index is -3.38. The number of phenols is 4. The summed E-state index contributed by atoms with van der Waals surface area (Å²) in [7, 11) is 0. The summed E-state index contributed by atoms with van der Waals surface area (Å²) in [5.74, 6) is -14.5. The summed E-state index contributed by atoms with van der Waals surface area (Å²) in [4.78, 5) is 42.3. The molecule has 18 N–H and O–H groups in total. The fraction of sp³-hybridized carbons (Fsp3) is 0.481. The number of hydrogen-bond acceptors (Lipinski definition) is 18. The lowest BCUT2D eigenvalue weighted by Crippen LogP contribution is -2.67. The molecule has 0 spiro atoms. The molecule has 13 unspecified atom stereocenters. The SMILES string of the molecule is NC(N)=NCCCC(O)CCC1=CC2(C(=O)O)C(c3c(cc(OC4(O)OC(CO)C(O)C(O)C4O)c(O)c3O)N2C(=O)C=Cc2ccc(O)c(Cc3cnc[nH]3)c2)C1C12c3c(O)cccc3CCC1CCC(CO)C2CO. The number of nitrogens with two attached hydrogens (primary N) is 2. The molecule has 1 saturated carbocycles. The number of carbonyl (C=O) groups excluding carboxylic acids is 1. The number of ether oxygens (including phenoxy) is 2. The third-order valence-corrected chi connectivity index (χ3v) is 16.8. The van der Waals surface area contributed by atoms with E-state index in [0.29, 0.717) is 65.6 Å². The molecule has 5 aliphatic rings. The summed E-state index contributed by atoms with van der Waals surface area (Å²) < 4.78 is 11.0. The number of aromatic amines is 1. The molecule has 2 fully saturated rings. The van der Waals surface area contributed by atoms with Crippen LogP contribution in [0.4, 0.5) is 5.69 Å². The van der Waals surface area contributed by atoms with E-state index >= 15 is 4.79 Å².